The molecule has 2 nitrogen and oxygen atoms in total. The van der Waals surface area contributed by atoms with Gasteiger partial charge in [0.05, 0.1) is 13.0 Å². The largest absolute Gasteiger partial charge is 0.469 e. The molecule has 0 rings (SSSR count). The van der Waals surface area contributed by atoms with Crippen LogP contribution >= 0.6 is 12.6 Å². The SMILES string of the molecule is CCCC(CS)C(=O)OC. The summed E-state index contributed by atoms with van der Waals surface area (Å²) in [6, 6.07) is 0. The molecule has 3 heteroatoms. The Labute approximate surface area is 67.4 Å². The maximum Gasteiger partial charge on any atom is 0.309 e. The predicted octanol–water partition coefficient (Wildman–Crippen LogP) is 1.51. The van der Waals surface area contributed by atoms with E-state index in [9.17, 15) is 4.79 Å². The van der Waals surface area contributed by atoms with Crippen molar-refractivity contribution < 1.29 is 9.53 Å². The van der Waals surface area contributed by atoms with Gasteiger partial charge in [0.15, 0.2) is 0 Å². The minimum atomic E-state index is -0.142. The highest BCUT2D eigenvalue weighted by atomic mass is 32.1. The van der Waals surface area contributed by atoms with Gasteiger partial charge in [-0.15, -0.1) is 0 Å². The second kappa shape index (κ2) is 5.59. The molecule has 0 aromatic rings. The number of hydrogen-bond donors (Lipinski definition) is 1. The van der Waals surface area contributed by atoms with Crippen molar-refractivity contribution in [2.75, 3.05) is 12.9 Å². The summed E-state index contributed by atoms with van der Waals surface area (Å²) in [5.74, 6) is 0.427. The molecule has 1 unspecified atom stereocenters. The molecule has 10 heavy (non-hydrogen) atoms. The van der Waals surface area contributed by atoms with Crippen LogP contribution in [0.3, 0.4) is 0 Å². The Balaban J connectivity index is 3.68. The third-order valence-corrected chi connectivity index (χ3v) is 1.83. The minimum Gasteiger partial charge on any atom is -0.469 e. The van der Waals surface area contributed by atoms with Crippen LogP contribution in [0.15, 0.2) is 0 Å². The lowest BCUT2D eigenvalue weighted by molar-refractivity contribution is -0.144. The van der Waals surface area contributed by atoms with Crippen LogP contribution in [-0.4, -0.2) is 18.8 Å². The van der Waals surface area contributed by atoms with Crippen LogP contribution in [0.2, 0.25) is 0 Å². The van der Waals surface area contributed by atoms with Gasteiger partial charge in [0, 0.05) is 5.75 Å². The summed E-state index contributed by atoms with van der Waals surface area (Å²) >= 11 is 4.04. The van der Waals surface area contributed by atoms with E-state index in [1.54, 1.807) is 0 Å². The maximum atomic E-state index is 10.9. The summed E-state index contributed by atoms with van der Waals surface area (Å²) in [7, 11) is 1.41. The van der Waals surface area contributed by atoms with Crippen molar-refractivity contribution in [2.24, 2.45) is 5.92 Å². The van der Waals surface area contributed by atoms with Crippen LogP contribution in [0.1, 0.15) is 19.8 Å². The Morgan fingerprint density at radius 3 is 2.60 bits per heavy atom. The molecule has 0 aromatic heterocycles. The molecule has 60 valence electrons. The highest BCUT2D eigenvalue weighted by molar-refractivity contribution is 7.80. The van der Waals surface area contributed by atoms with Crippen LogP contribution in [0.4, 0.5) is 0 Å². The number of carbonyl (C=O) groups excluding carboxylic acids is 1. The fourth-order valence-electron chi connectivity index (χ4n) is 0.799. The van der Waals surface area contributed by atoms with E-state index in [2.05, 4.69) is 17.4 Å². The molecule has 0 aliphatic heterocycles. The number of ether oxygens (including phenoxy) is 1. The Bertz CT molecular complexity index is 104. The monoisotopic (exact) mass is 162 g/mol. The maximum absolute atomic E-state index is 10.9. The van der Waals surface area contributed by atoms with Crippen molar-refractivity contribution in [2.45, 2.75) is 19.8 Å². The van der Waals surface area contributed by atoms with Gasteiger partial charge in [0.2, 0.25) is 0 Å². The van der Waals surface area contributed by atoms with Gasteiger partial charge in [0.1, 0.15) is 0 Å². The van der Waals surface area contributed by atoms with Gasteiger partial charge < -0.3 is 4.74 Å². The van der Waals surface area contributed by atoms with E-state index in [1.165, 1.54) is 7.11 Å². The number of carbonyl (C=O) groups is 1. The molecule has 0 fully saturated rings. The highest BCUT2D eigenvalue weighted by Crippen LogP contribution is 2.09. The van der Waals surface area contributed by atoms with Gasteiger partial charge in [-0.25, -0.2) is 0 Å². The molecule has 0 spiro atoms. The van der Waals surface area contributed by atoms with Crippen molar-refractivity contribution in [3.05, 3.63) is 0 Å². The Morgan fingerprint density at radius 1 is 1.70 bits per heavy atom. The van der Waals surface area contributed by atoms with Gasteiger partial charge in [-0.05, 0) is 6.42 Å². The molecule has 0 saturated heterocycles. The second-order valence-corrected chi connectivity index (χ2v) is 2.56. The Kier molecular flexibility index (Phi) is 5.49. The average molecular weight is 162 g/mol. The number of methoxy groups -OCH3 is 1. The lowest BCUT2D eigenvalue weighted by Crippen LogP contribution is -2.17. The third kappa shape index (κ3) is 3.11. The average Bonchev–Trinajstić information content (AvgIpc) is 1.99. The van der Waals surface area contributed by atoms with Crippen LogP contribution in [-0.2, 0) is 9.53 Å². The van der Waals surface area contributed by atoms with Crippen LogP contribution in [0.25, 0.3) is 0 Å². The van der Waals surface area contributed by atoms with Gasteiger partial charge in [0.25, 0.3) is 0 Å². The highest BCUT2D eigenvalue weighted by Gasteiger charge is 2.15. The lowest BCUT2D eigenvalue weighted by Gasteiger charge is -2.08. The summed E-state index contributed by atoms with van der Waals surface area (Å²) < 4.78 is 4.57. The quantitative estimate of drug-likeness (QED) is 0.501. The smallest absolute Gasteiger partial charge is 0.309 e. The first-order valence-electron chi connectivity index (χ1n) is 3.45. The van der Waals surface area contributed by atoms with Gasteiger partial charge in [-0.2, -0.15) is 12.6 Å². The molecule has 0 bridgehead atoms. The van der Waals surface area contributed by atoms with E-state index < -0.39 is 0 Å². The molecular weight excluding hydrogens is 148 g/mol. The van der Waals surface area contributed by atoms with Gasteiger partial charge >= 0.3 is 5.97 Å². The van der Waals surface area contributed by atoms with Crippen molar-refractivity contribution >= 4 is 18.6 Å². The van der Waals surface area contributed by atoms with Crippen LogP contribution in [0, 0.1) is 5.92 Å². The summed E-state index contributed by atoms with van der Waals surface area (Å²) in [6.45, 7) is 2.04. The molecule has 0 N–H and O–H groups in total. The molecule has 0 heterocycles. The van der Waals surface area contributed by atoms with E-state index in [4.69, 9.17) is 0 Å². The Morgan fingerprint density at radius 2 is 2.30 bits per heavy atom. The van der Waals surface area contributed by atoms with Gasteiger partial charge in [-0.1, -0.05) is 13.3 Å². The van der Waals surface area contributed by atoms with E-state index in [1.807, 2.05) is 6.92 Å². The van der Waals surface area contributed by atoms with Crippen molar-refractivity contribution in [1.82, 2.24) is 0 Å². The van der Waals surface area contributed by atoms with Crippen molar-refractivity contribution in [3.8, 4) is 0 Å². The van der Waals surface area contributed by atoms with Crippen molar-refractivity contribution in [3.63, 3.8) is 0 Å². The van der Waals surface area contributed by atoms with E-state index in [-0.39, 0.29) is 11.9 Å². The van der Waals surface area contributed by atoms with Crippen LogP contribution < -0.4 is 0 Å². The molecule has 0 radical (unpaired) electrons. The fraction of sp³-hybridized carbons (Fsp3) is 0.857. The molecule has 0 aliphatic carbocycles. The second-order valence-electron chi connectivity index (χ2n) is 2.19. The van der Waals surface area contributed by atoms with E-state index in [0.29, 0.717) is 5.75 Å². The zero-order valence-electron chi connectivity index (χ0n) is 6.46. The number of thiol groups is 1. The molecule has 0 aromatic carbocycles. The number of hydrogen-bond acceptors (Lipinski definition) is 3. The first-order valence-corrected chi connectivity index (χ1v) is 4.08. The summed E-state index contributed by atoms with van der Waals surface area (Å²) in [5, 5.41) is 0. The zero-order valence-corrected chi connectivity index (χ0v) is 7.36. The lowest BCUT2D eigenvalue weighted by atomic mass is 10.1. The molecular formula is C7H14O2S. The van der Waals surface area contributed by atoms with Crippen molar-refractivity contribution in [1.29, 1.82) is 0 Å². The number of esters is 1. The normalized spacial score (nSPS) is 12.7. The van der Waals surface area contributed by atoms with Gasteiger partial charge in [-0.3, -0.25) is 4.79 Å². The number of rotatable bonds is 4. The van der Waals surface area contributed by atoms with Crippen LogP contribution in [0.5, 0.6) is 0 Å². The molecule has 0 saturated carbocycles. The predicted molar refractivity (Wildman–Crippen MR) is 44.3 cm³/mol. The Hall–Kier alpha value is -0.180. The standard InChI is InChI=1S/C7H14O2S/c1-3-4-6(5-10)7(8)9-2/h6,10H,3-5H2,1-2H3. The van der Waals surface area contributed by atoms with E-state index in [0.717, 1.165) is 12.8 Å². The topological polar surface area (TPSA) is 26.3 Å². The minimum absolute atomic E-state index is 0.0154. The summed E-state index contributed by atoms with van der Waals surface area (Å²) in [5.41, 5.74) is 0. The molecule has 0 amide bonds. The first kappa shape index (κ1) is 9.82. The zero-order chi connectivity index (χ0) is 7.98. The summed E-state index contributed by atoms with van der Waals surface area (Å²) in [4.78, 5) is 10.9. The van der Waals surface area contributed by atoms with E-state index >= 15 is 0 Å². The fourth-order valence-corrected chi connectivity index (χ4v) is 1.13. The summed E-state index contributed by atoms with van der Waals surface area (Å²) in [6.07, 6.45) is 1.87. The molecule has 0 aliphatic rings. The first-order chi connectivity index (χ1) is 4.76. The third-order valence-electron chi connectivity index (χ3n) is 1.39. The molecule has 1 atom stereocenters.